The van der Waals surface area contributed by atoms with E-state index in [1.54, 1.807) is 19.1 Å². The highest BCUT2D eigenvalue weighted by atomic mass is 16.6. The summed E-state index contributed by atoms with van der Waals surface area (Å²) in [5, 5.41) is 17.5. The van der Waals surface area contributed by atoms with Gasteiger partial charge in [0.1, 0.15) is 0 Å². The number of nitro benzene ring substituents is 1. The van der Waals surface area contributed by atoms with Gasteiger partial charge in [-0.15, -0.1) is 0 Å². The molecule has 0 unspecified atom stereocenters. The summed E-state index contributed by atoms with van der Waals surface area (Å²) in [5.74, 6) is -1.74. The number of amides is 2. The van der Waals surface area contributed by atoms with E-state index in [4.69, 9.17) is 9.47 Å². The van der Waals surface area contributed by atoms with E-state index < -0.39 is 22.7 Å². The largest absolute Gasteiger partial charge is 0.490 e. The first kappa shape index (κ1) is 30.1. The number of hydrazone groups is 1. The number of nitro groups is 1. The van der Waals surface area contributed by atoms with Crippen molar-refractivity contribution in [3.8, 4) is 11.5 Å². The van der Waals surface area contributed by atoms with Crippen molar-refractivity contribution in [2.45, 2.75) is 12.8 Å². The lowest BCUT2D eigenvalue weighted by Crippen LogP contribution is -2.37. The first-order valence-corrected chi connectivity index (χ1v) is 13.3. The molecule has 11 nitrogen and oxygen atoms in total. The minimum Gasteiger partial charge on any atom is -0.490 e. The fraction of sp³-hybridized carbons (Fsp3) is 0.125. The summed E-state index contributed by atoms with van der Waals surface area (Å²) in [4.78, 5) is 48.3. The molecule has 0 spiro atoms. The molecule has 2 N–H and O–H groups in total. The van der Waals surface area contributed by atoms with Crippen LogP contribution in [0.4, 0.5) is 5.69 Å². The highest BCUT2D eigenvalue weighted by Crippen LogP contribution is 2.29. The first-order chi connectivity index (χ1) is 20.9. The van der Waals surface area contributed by atoms with Crippen LogP contribution in [0.3, 0.4) is 0 Å². The van der Waals surface area contributed by atoms with E-state index in [1.807, 2.05) is 60.7 Å². The van der Waals surface area contributed by atoms with Gasteiger partial charge < -0.3 is 14.8 Å². The van der Waals surface area contributed by atoms with Gasteiger partial charge in [-0.2, -0.15) is 5.10 Å². The van der Waals surface area contributed by atoms with Crippen molar-refractivity contribution in [1.29, 1.82) is 0 Å². The molecule has 4 rings (SSSR count). The molecule has 0 aromatic heterocycles. The van der Waals surface area contributed by atoms with E-state index in [2.05, 4.69) is 15.8 Å². The topological polar surface area (TPSA) is 149 Å². The molecule has 0 saturated heterocycles. The average molecular weight is 581 g/mol. The zero-order valence-electron chi connectivity index (χ0n) is 23.1. The Morgan fingerprint density at radius 1 is 0.884 bits per heavy atom. The number of non-ortho nitro benzene ring substituents is 1. The van der Waals surface area contributed by atoms with Crippen LogP contribution in [0.1, 0.15) is 39.9 Å². The maximum absolute atomic E-state index is 13.1. The highest BCUT2D eigenvalue weighted by Gasteiger charge is 2.23. The normalized spacial score (nSPS) is 10.7. The number of benzene rings is 4. The number of carbonyl (C=O) groups excluding carboxylic acids is 3. The molecule has 0 fully saturated rings. The van der Waals surface area contributed by atoms with E-state index in [9.17, 15) is 24.5 Å². The molecule has 0 aliphatic heterocycles. The van der Waals surface area contributed by atoms with Crippen molar-refractivity contribution in [1.82, 2.24) is 10.7 Å². The molecule has 218 valence electrons. The number of hydrogen-bond donors (Lipinski definition) is 2. The molecule has 0 aliphatic rings. The zero-order chi connectivity index (χ0) is 30.6. The summed E-state index contributed by atoms with van der Waals surface area (Å²) < 4.78 is 11.0. The Morgan fingerprint density at radius 2 is 1.51 bits per heavy atom. The number of nitrogens with one attached hydrogen (secondary N) is 2. The minimum absolute atomic E-state index is 0.132. The molecule has 0 saturated carbocycles. The molecule has 0 aliphatic carbocycles. The van der Waals surface area contributed by atoms with E-state index in [0.29, 0.717) is 5.56 Å². The number of carbonyl (C=O) groups is 3. The van der Waals surface area contributed by atoms with E-state index in [0.717, 1.165) is 11.1 Å². The summed E-state index contributed by atoms with van der Waals surface area (Å²) >= 11 is 0. The summed E-state index contributed by atoms with van der Waals surface area (Å²) in [7, 11) is 0. The first-order valence-electron chi connectivity index (χ1n) is 13.3. The van der Waals surface area contributed by atoms with Gasteiger partial charge in [-0.05, 0) is 53.9 Å². The number of ether oxygens (including phenoxy) is 2. The van der Waals surface area contributed by atoms with Gasteiger partial charge in [-0.1, -0.05) is 60.7 Å². The van der Waals surface area contributed by atoms with Crippen molar-refractivity contribution in [3.05, 3.63) is 135 Å². The number of esters is 1. The molecule has 43 heavy (non-hydrogen) atoms. The van der Waals surface area contributed by atoms with Gasteiger partial charge in [0.25, 0.3) is 11.6 Å². The predicted molar refractivity (Wildman–Crippen MR) is 159 cm³/mol. The maximum atomic E-state index is 13.1. The molecular weight excluding hydrogens is 552 g/mol. The Hall–Kier alpha value is -5.84. The second-order valence-electron chi connectivity index (χ2n) is 9.10. The molecule has 2 amide bonds. The van der Waals surface area contributed by atoms with Gasteiger partial charge in [-0.25, -0.2) is 10.2 Å². The molecule has 0 heterocycles. The summed E-state index contributed by atoms with van der Waals surface area (Å²) in [6.07, 6.45) is 1.38. The van der Waals surface area contributed by atoms with Crippen LogP contribution in [0.5, 0.6) is 11.5 Å². The fourth-order valence-electron chi connectivity index (χ4n) is 4.11. The maximum Gasteiger partial charge on any atom is 0.343 e. The minimum atomic E-state index is -0.714. The molecule has 11 heteroatoms. The van der Waals surface area contributed by atoms with Crippen LogP contribution in [-0.4, -0.2) is 42.1 Å². The lowest BCUT2D eigenvalue weighted by molar-refractivity contribution is -0.384. The zero-order valence-corrected chi connectivity index (χ0v) is 23.1. The second kappa shape index (κ2) is 14.7. The average Bonchev–Trinajstić information content (AvgIpc) is 3.02. The van der Waals surface area contributed by atoms with Crippen LogP contribution in [0, 0.1) is 10.1 Å². The van der Waals surface area contributed by atoms with Crippen molar-refractivity contribution < 1.29 is 28.8 Å². The van der Waals surface area contributed by atoms with Gasteiger partial charge in [0.05, 0.1) is 35.8 Å². The van der Waals surface area contributed by atoms with Crippen LogP contribution in [0.15, 0.2) is 108 Å². The second-order valence-corrected chi connectivity index (χ2v) is 9.10. The standard InChI is InChI=1S/C32H28N4O7/c1-2-42-28-19-22(13-18-27(28)43-32(39)25-14-16-26(17-15-25)36(40)41)20-34-35-29(37)21-33-31(38)30(23-9-5-3-6-10-23)24-11-7-4-8-12-24/h3-20,30H,2,21H2,1H3,(H,33,38)(H,35,37). The number of nitrogens with zero attached hydrogens (tertiary/aromatic N) is 2. The Labute approximate surface area is 247 Å². The summed E-state index contributed by atoms with van der Waals surface area (Å²) in [6.45, 7) is 1.76. The van der Waals surface area contributed by atoms with Crippen LogP contribution < -0.4 is 20.2 Å². The Morgan fingerprint density at radius 3 is 2.09 bits per heavy atom. The van der Waals surface area contributed by atoms with E-state index in [-0.39, 0.29) is 41.8 Å². The summed E-state index contributed by atoms with van der Waals surface area (Å²) in [6, 6.07) is 28.3. The molecule has 0 atom stereocenters. The molecule has 0 radical (unpaired) electrons. The van der Waals surface area contributed by atoms with Gasteiger partial charge >= 0.3 is 5.97 Å². The van der Waals surface area contributed by atoms with Crippen LogP contribution >= 0.6 is 0 Å². The third-order valence-corrected chi connectivity index (χ3v) is 6.14. The monoisotopic (exact) mass is 580 g/mol. The third kappa shape index (κ3) is 8.33. The van der Waals surface area contributed by atoms with E-state index in [1.165, 1.54) is 36.5 Å². The van der Waals surface area contributed by atoms with Gasteiger partial charge in [-0.3, -0.25) is 19.7 Å². The van der Waals surface area contributed by atoms with Crippen LogP contribution in [0.25, 0.3) is 0 Å². The Kier molecular flexibility index (Phi) is 10.3. The predicted octanol–water partition coefficient (Wildman–Crippen LogP) is 4.61. The van der Waals surface area contributed by atoms with E-state index >= 15 is 0 Å². The number of hydrogen-bond acceptors (Lipinski definition) is 8. The molecule has 0 bridgehead atoms. The fourth-order valence-corrected chi connectivity index (χ4v) is 4.11. The summed E-state index contributed by atoms with van der Waals surface area (Å²) in [5.41, 5.74) is 4.51. The van der Waals surface area contributed by atoms with Crippen molar-refractivity contribution >= 4 is 29.7 Å². The van der Waals surface area contributed by atoms with Crippen molar-refractivity contribution in [2.75, 3.05) is 13.2 Å². The van der Waals surface area contributed by atoms with Crippen LogP contribution in [-0.2, 0) is 9.59 Å². The SMILES string of the molecule is CCOc1cc(C=NNC(=O)CNC(=O)C(c2ccccc2)c2ccccc2)ccc1OC(=O)c1ccc([N+](=O)[O-])cc1. The quantitative estimate of drug-likeness (QED) is 0.0817. The van der Waals surface area contributed by atoms with Crippen molar-refractivity contribution in [3.63, 3.8) is 0 Å². The highest BCUT2D eigenvalue weighted by molar-refractivity contribution is 5.92. The third-order valence-electron chi connectivity index (χ3n) is 6.14. The molecular formula is C32H28N4O7. The molecule has 4 aromatic rings. The Balaban J connectivity index is 1.35. The Bertz CT molecular complexity index is 1570. The molecule has 4 aromatic carbocycles. The van der Waals surface area contributed by atoms with Crippen molar-refractivity contribution in [2.24, 2.45) is 5.10 Å². The van der Waals surface area contributed by atoms with Crippen LogP contribution in [0.2, 0.25) is 0 Å². The lowest BCUT2D eigenvalue weighted by Gasteiger charge is -2.17. The smallest absolute Gasteiger partial charge is 0.343 e. The van der Waals surface area contributed by atoms with Gasteiger partial charge in [0.15, 0.2) is 11.5 Å². The van der Waals surface area contributed by atoms with Gasteiger partial charge in [0, 0.05) is 12.1 Å². The van der Waals surface area contributed by atoms with Gasteiger partial charge in [0.2, 0.25) is 5.91 Å². The lowest BCUT2D eigenvalue weighted by atomic mass is 9.90. The number of rotatable bonds is 12.